The van der Waals surface area contributed by atoms with E-state index in [1.807, 2.05) is 12.2 Å². The standard InChI is InChI=1S/C18H14S/c1-4-10-16(11-5-1)19(17-12-6-2-7-13-17)18-14-8-3-9-15-18/h1-8,10-12,14H,13H2. The van der Waals surface area contributed by atoms with Gasteiger partial charge in [0, 0.05) is 4.90 Å². The van der Waals surface area contributed by atoms with Crippen molar-refractivity contribution in [3.8, 4) is 0 Å². The molecule has 1 heteroatoms. The molecule has 19 heavy (non-hydrogen) atoms. The maximum Gasteiger partial charge on any atom is 0.0570 e. The zero-order chi connectivity index (χ0) is 12.9. The van der Waals surface area contributed by atoms with Crippen LogP contribution in [0.25, 0.3) is 0 Å². The highest BCUT2D eigenvalue weighted by atomic mass is 32.2. The van der Waals surface area contributed by atoms with Crippen LogP contribution in [0.1, 0.15) is 6.42 Å². The molecule has 0 heterocycles. The third-order valence-electron chi connectivity index (χ3n) is 2.93. The maximum atomic E-state index is 3.27. The normalized spacial score (nSPS) is 19.6. The lowest BCUT2D eigenvalue weighted by molar-refractivity contribution is 1.45. The van der Waals surface area contributed by atoms with Gasteiger partial charge >= 0.3 is 0 Å². The average molecular weight is 262 g/mol. The van der Waals surface area contributed by atoms with Crippen LogP contribution in [0, 0.1) is 0 Å². The number of benzene rings is 1. The lowest BCUT2D eigenvalue weighted by atomic mass is 10.2. The molecular weight excluding hydrogens is 248 g/mol. The number of hydrogen-bond acceptors (Lipinski definition) is 0. The molecule has 1 aromatic carbocycles. The Kier molecular flexibility index (Phi) is 3.63. The molecule has 0 N–H and O–H groups in total. The third kappa shape index (κ3) is 2.70. The van der Waals surface area contributed by atoms with Crippen LogP contribution in [0.3, 0.4) is 0 Å². The van der Waals surface area contributed by atoms with Gasteiger partial charge < -0.3 is 0 Å². The SMILES string of the molecule is C1=C=C(S(=C2C=CC=CC2)c2ccccc2)C=CC=1. The first-order chi connectivity index (χ1) is 9.45. The van der Waals surface area contributed by atoms with Crippen LogP contribution in [-0.4, -0.2) is 4.86 Å². The summed E-state index contributed by atoms with van der Waals surface area (Å²) in [6.07, 6.45) is 15.8. The minimum atomic E-state index is -0.0459. The van der Waals surface area contributed by atoms with Gasteiger partial charge in [-0.2, -0.15) is 0 Å². The second-order valence-corrected chi connectivity index (χ2v) is 6.28. The zero-order valence-corrected chi connectivity index (χ0v) is 11.4. The zero-order valence-electron chi connectivity index (χ0n) is 10.5. The number of allylic oxidation sites excluding steroid dienone is 7. The van der Waals surface area contributed by atoms with E-state index >= 15 is 0 Å². The van der Waals surface area contributed by atoms with E-state index in [0.29, 0.717) is 0 Å². The van der Waals surface area contributed by atoms with Gasteiger partial charge in [-0.25, -0.2) is 0 Å². The van der Waals surface area contributed by atoms with Gasteiger partial charge in [-0.05, 0) is 35.6 Å². The van der Waals surface area contributed by atoms with Crippen LogP contribution >= 0.6 is 10.5 Å². The minimum absolute atomic E-state index is 0.0459. The molecule has 92 valence electrons. The molecule has 0 aliphatic heterocycles. The quantitative estimate of drug-likeness (QED) is 0.532. The highest BCUT2D eigenvalue weighted by Gasteiger charge is 2.10. The molecule has 0 aromatic heterocycles. The summed E-state index contributed by atoms with van der Waals surface area (Å²) >= 11 is 0. The minimum Gasteiger partial charge on any atom is -0.111 e. The fourth-order valence-electron chi connectivity index (χ4n) is 2.08. The molecule has 0 saturated heterocycles. The Morgan fingerprint density at radius 2 is 1.84 bits per heavy atom. The van der Waals surface area contributed by atoms with E-state index in [9.17, 15) is 0 Å². The summed E-state index contributed by atoms with van der Waals surface area (Å²) in [6, 6.07) is 10.7. The van der Waals surface area contributed by atoms with Gasteiger partial charge in [-0.1, -0.05) is 60.0 Å². The Bertz CT molecular complexity index is 699. The topological polar surface area (TPSA) is 0 Å². The number of rotatable bonds is 2. The van der Waals surface area contributed by atoms with Gasteiger partial charge in [0.2, 0.25) is 0 Å². The van der Waals surface area contributed by atoms with Crippen LogP contribution in [-0.2, 0) is 0 Å². The van der Waals surface area contributed by atoms with Crippen LogP contribution in [0.5, 0.6) is 0 Å². The highest BCUT2D eigenvalue weighted by Crippen LogP contribution is 2.38. The predicted octanol–water partition coefficient (Wildman–Crippen LogP) is 4.77. The van der Waals surface area contributed by atoms with Gasteiger partial charge in [0.15, 0.2) is 0 Å². The molecule has 0 saturated carbocycles. The first-order valence-electron chi connectivity index (χ1n) is 6.32. The Balaban J connectivity index is 2.20. The number of hydrogen-bond donors (Lipinski definition) is 0. The van der Waals surface area contributed by atoms with Gasteiger partial charge in [0.05, 0.1) is 4.91 Å². The fourth-order valence-corrected chi connectivity index (χ4v) is 4.20. The van der Waals surface area contributed by atoms with Crippen molar-refractivity contribution < 1.29 is 0 Å². The molecule has 0 nitrogen and oxygen atoms in total. The highest BCUT2D eigenvalue weighted by molar-refractivity contribution is 8.19. The van der Waals surface area contributed by atoms with Crippen LogP contribution < -0.4 is 0 Å². The lowest BCUT2D eigenvalue weighted by Crippen LogP contribution is -1.97. The summed E-state index contributed by atoms with van der Waals surface area (Å²) in [5.74, 6) is 0. The Labute approximate surface area is 116 Å². The Hall–Kier alpha value is -2.04. The molecule has 0 fully saturated rings. The Morgan fingerprint density at radius 3 is 2.53 bits per heavy atom. The van der Waals surface area contributed by atoms with Crippen LogP contribution in [0.2, 0.25) is 0 Å². The second-order valence-electron chi connectivity index (χ2n) is 4.24. The average Bonchev–Trinajstić information content (AvgIpc) is 2.51. The molecule has 2 aliphatic rings. The Morgan fingerprint density at radius 1 is 0.947 bits per heavy atom. The van der Waals surface area contributed by atoms with E-state index in [0.717, 1.165) is 6.42 Å². The molecule has 1 atom stereocenters. The van der Waals surface area contributed by atoms with Crippen molar-refractivity contribution >= 4 is 15.3 Å². The third-order valence-corrected chi connectivity index (χ3v) is 5.18. The van der Waals surface area contributed by atoms with Gasteiger partial charge in [-0.3, -0.25) is 0 Å². The molecule has 0 amide bonds. The maximum absolute atomic E-state index is 3.27. The summed E-state index contributed by atoms with van der Waals surface area (Å²) in [5.41, 5.74) is 6.35. The first-order valence-corrected chi connectivity index (χ1v) is 7.54. The van der Waals surface area contributed by atoms with E-state index < -0.39 is 0 Å². The van der Waals surface area contributed by atoms with E-state index in [2.05, 4.69) is 72.2 Å². The van der Waals surface area contributed by atoms with Gasteiger partial charge in [-0.15, -0.1) is 10.5 Å². The van der Waals surface area contributed by atoms with Crippen molar-refractivity contribution in [1.82, 2.24) is 0 Å². The van der Waals surface area contributed by atoms with Crippen molar-refractivity contribution in [3.63, 3.8) is 0 Å². The largest absolute Gasteiger partial charge is 0.111 e. The molecular formula is C18H14S. The smallest absolute Gasteiger partial charge is 0.0570 e. The molecule has 1 aromatic rings. The van der Waals surface area contributed by atoms with Crippen LogP contribution in [0.4, 0.5) is 0 Å². The summed E-state index contributed by atoms with van der Waals surface area (Å²) in [6.45, 7) is 0. The summed E-state index contributed by atoms with van der Waals surface area (Å²) in [7, 11) is -0.0459. The van der Waals surface area contributed by atoms with Crippen molar-refractivity contribution in [1.29, 1.82) is 0 Å². The van der Waals surface area contributed by atoms with E-state index in [1.165, 1.54) is 14.7 Å². The predicted molar refractivity (Wildman–Crippen MR) is 84.5 cm³/mol. The van der Waals surface area contributed by atoms with Crippen molar-refractivity contribution in [3.05, 3.63) is 89.2 Å². The van der Waals surface area contributed by atoms with Crippen molar-refractivity contribution in [2.45, 2.75) is 11.3 Å². The first kappa shape index (κ1) is 12.0. The van der Waals surface area contributed by atoms with Crippen LogP contribution in [0.15, 0.2) is 94.1 Å². The van der Waals surface area contributed by atoms with E-state index in [1.54, 1.807) is 0 Å². The van der Waals surface area contributed by atoms with E-state index in [-0.39, 0.29) is 10.5 Å². The molecule has 0 spiro atoms. The molecule has 0 bridgehead atoms. The summed E-state index contributed by atoms with van der Waals surface area (Å²) in [5, 5.41) is 0. The van der Waals surface area contributed by atoms with E-state index in [4.69, 9.17) is 0 Å². The molecule has 3 rings (SSSR count). The van der Waals surface area contributed by atoms with Crippen molar-refractivity contribution in [2.24, 2.45) is 0 Å². The molecule has 0 radical (unpaired) electrons. The monoisotopic (exact) mass is 262 g/mol. The lowest BCUT2D eigenvalue weighted by Gasteiger charge is -2.15. The fraction of sp³-hybridized carbons (Fsp3) is 0.0556. The summed E-state index contributed by atoms with van der Waals surface area (Å²) in [4.78, 5) is 3.99. The molecule has 2 aliphatic carbocycles. The van der Waals surface area contributed by atoms with Gasteiger partial charge in [0.1, 0.15) is 0 Å². The summed E-state index contributed by atoms with van der Waals surface area (Å²) < 4.78 is 0. The second kappa shape index (κ2) is 5.73. The van der Waals surface area contributed by atoms with Gasteiger partial charge in [0.25, 0.3) is 0 Å². The van der Waals surface area contributed by atoms with Crippen molar-refractivity contribution in [2.75, 3.05) is 0 Å². The molecule has 1 unspecified atom stereocenters.